The van der Waals surface area contributed by atoms with Gasteiger partial charge >= 0.3 is 5.97 Å². The molecule has 3 unspecified atom stereocenters. The first-order chi connectivity index (χ1) is 8.31. The molecule has 1 fully saturated rings. The maximum atomic E-state index is 12.1. The summed E-state index contributed by atoms with van der Waals surface area (Å²) in [4.78, 5) is 26.8. The summed E-state index contributed by atoms with van der Waals surface area (Å²) in [6.07, 6.45) is 0.389. The Balaban J connectivity index is 2.49. The number of carboxylic acids is 1. The fourth-order valence-corrected chi connectivity index (χ4v) is 2.41. The van der Waals surface area contributed by atoms with Gasteiger partial charge in [-0.2, -0.15) is 0 Å². The maximum absolute atomic E-state index is 12.1. The Morgan fingerprint density at radius 3 is 2.17 bits per heavy atom. The second kappa shape index (κ2) is 6.18. The summed E-state index contributed by atoms with van der Waals surface area (Å²) in [6, 6.07) is 0.708. The molecule has 1 saturated heterocycles. The second-order valence-electron chi connectivity index (χ2n) is 5.57. The Bertz CT molecular complexity index is 307. The third-order valence-electron chi connectivity index (χ3n) is 3.76. The number of amides is 1. The third-order valence-corrected chi connectivity index (χ3v) is 3.76. The minimum absolute atomic E-state index is 0.0601. The summed E-state index contributed by atoms with van der Waals surface area (Å²) in [6.45, 7) is 7.50. The summed E-state index contributed by atoms with van der Waals surface area (Å²) < 4.78 is 0. The Labute approximate surface area is 109 Å². The van der Waals surface area contributed by atoms with Crippen LogP contribution in [0.4, 0.5) is 0 Å². The molecule has 3 atom stereocenters. The molecule has 104 valence electrons. The van der Waals surface area contributed by atoms with Crippen molar-refractivity contribution < 1.29 is 14.7 Å². The third kappa shape index (κ3) is 3.98. The Hall–Kier alpha value is -1.10. The Morgan fingerprint density at radius 2 is 1.72 bits per heavy atom. The zero-order valence-corrected chi connectivity index (χ0v) is 11.7. The molecule has 0 aromatic heterocycles. The number of aliphatic carboxylic acids is 1. The summed E-state index contributed by atoms with van der Waals surface area (Å²) in [5.41, 5.74) is 0. The zero-order chi connectivity index (χ0) is 13.9. The van der Waals surface area contributed by atoms with Crippen molar-refractivity contribution in [2.75, 3.05) is 20.1 Å². The molecule has 0 radical (unpaired) electrons. The molecule has 1 N–H and O–H groups in total. The van der Waals surface area contributed by atoms with Crippen molar-refractivity contribution in [1.29, 1.82) is 0 Å². The van der Waals surface area contributed by atoms with Crippen molar-refractivity contribution in [3.63, 3.8) is 0 Å². The van der Waals surface area contributed by atoms with Crippen molar-refractivity contribution >= 4 is 11.9 Å². The van der Waals surface area contributed by atoms with Crippen LogP contribution in [0.2, 0.25) is 0 Å². The number of carbonyl (C=O) groups excluding carboxylic acids is 1. The molecule has 0 aromatic rings. The van der Waals surface area contributed by atoms with Crippen molar-refractivity contribution in [3.05, 3.63) is 0 Å². The molecule has 0 saturated carbocycles. The van der Waals surface area contributed by atoms with E-state index in [0.717, 1.165) is 13.1 Å². The Kier molecular flexibility index (Phi) is 5.14. The fraction of sp³-hybridized carbons (Fsp3) is 0.846. The predicted octanol–water partition coefficient (Wildman–Crippen LogP) is 1.04. The highest BCUT2D eigenvalue weighted by molar-refractivity contribution is 5.77. The lowest BCUT2D eigenvalue weighted by Crippen LogP contribution is -2.56. The van der Waals surface area contributed by atoms with Crippen LogP contribution in [0.1, 0.15) is 33.6 Å². The van der Waals surface area contributed by atoms with Gasteiger partial charge < -0.3 is 10.0 Å². The van der Waals surface area contributed by atoms with E-state index in [1.807, 2.05) is 11.8 Å². The van der Waals surface area contributed by atoms with Crippen LogP contribution in [0.15, 0.2) is 0 Å². The number of likely N-dealkylation sites (N-methyl/N-ethyl adjacent to an activating group) is 1. The molecule has 5 nitrogen and oxygen atoms in total. The van der Waals surface area contributed by atoms with E-state index in [1.54, 1.807) is 0 Å². The van der Waals surface area contributed by atoms with Crippen LogP contribution in [-0.2, 0) is 9.59 Å². The quantitative estimate of drug-likeness (QED) is 0.816. The summed E-state index contributed by atoms with van der Waals surface area (Å²) in [5, 5.41) is 8.69. The smallest absolute Gasteiger partial charge is 0.303 e. The molecule has 0 aromatic carbocycles. The first-order valence-corrected chi connectivity index (χ1v) is 6.52. The summed E-state index contributed by atoms with van der Waals surface area (Å²) in [7, 11) is 2.07. The van der Waals surface area contributed by atoms with E-state index < -0.39 is 5.97 Å². The van der Waals surface area contributed by atoms with Gasteiger partial charge in [0.2, 0.25) is 5.91 Å². The predicted molar refractivity (Wildman–Crippen MR) is 69.3 cm³/mol. The first kappa shape index (κ1) is 15.0. The van der Waals surface area contributed by atoms with Gasteiger partial charge in [-0.3, -0.25) is 14.5 Å². The molecule has 0 aliphatic carbocycles. The Morgan fingerprint density at radius 1 is 1.22 bits per heavy atom. The van der Waals surface area contributed by atoms with Gasteiger partial charge in [0.25, 0.3) is 0 Å². The first-order valence-electron chi connectivity index (χ1n) is 6.52. The van der Waals surface area contributed by atoms with E-state index in [4.69, 9.17) is 5.11 Å². The van der Waals surface area contributed by atoms with Gasteiger partial charge in [0.05, 0.1) is 0 Å². The van der Waals surface area contributed by atoms with E-state index >= 15 is 0 Å². The van der Waals surface area contributed by atoms with Crippen LogP contribution < -0.4 is 0 Å². The van der Waals surface area contributed by atoms with Crippen LogP contribution in [0.25, 0.3) is 0 Å². The lowest BCUT2D eigenvalue weighted by atomic mass is 10.0. The average Bonchev–Trinajstić information content (AvgIpc) is 2.23. The van der Waals surface area contributed by atoms with Gasteiger partial charge in [-0.25, -0.2) is 0 Å². The second-order valence-corrected chi connectivity index (χ2v) is 5.57. The molecule has 0 spiro atoms. The average molecular weight is 256 g/mol. The monoisotopic (exact) mass is 256 g/mol. The molecule has 1 rings (SSSR count). The number of carboxylic acid groups (broad SMARTS) is 1. The van der Waals surface area contributed by atoms with Crippen molar-refractivity contribution in [2.45, 2.75) is 45.7 Å². The van der Waals surface area contributed by atoms with Gasteiger partial charge in [-0.15, -0.1) is 0 Å². The van der Waals surface area contributed by atoms with Gasteiger partial charge in [0, 0.05) is 38.0 Å². The maximum Gasteiger partial charge on any atom is 0.303 e. The van der Waals surface area contributed by atoms with E-state index in [9.17, 15) is 9.59 Å². The molecule has 5 heteroatoms. The molecule has 1 aliphatic rings. The van der Waals surface area contributed by atoms with E-state index in [0.29, 0.717) is 18.5 Å². The van der Waals surface area contributed by atoms with E-state index in [-0.39, 0.29) is 18.2 Å². The van der Waals surface area contributed by atoms with Gasteiger partial charge in [-0.1, -0.05) is 6.92 Å². The number of piperazine rings is 1. The highest BCUT2D eigenvalue weighted by Crippen LogP contribution is 2.16. The number of rotatable bonds is 4. The molecule has 1 amide bonds. The molecule has 1 aliphatic heterocycles. The van der Waals surface area contributed by atoms with Crippen LogP contribution in [0.3, 0.4) is 0 Å². The van der Waals surface area contributed by atoms with Gasteiger partial charge in [0.1, 0.15) is 0 Å². The van der Waals surface area contributed by atoms with Crippen LogP contribution in [-0.4, -0.2) is 59.0 Å². The van der Waals surface area contributed by atoms with Crippen LogP contribution >= 0.6 is 0 Å². The van der Waals surface area contributed by atoms with E-state index in [2.05, 4.69) is 25.8 Å². The van der Waals surface area contributed by atoms with Crippen LogP contribution in [0, 0.1) is 5.92 Å². The standard InChI is InChI=1S/C13H24N2O3/c1-9(6-13(17)18)5-12(16)15-7-10(2)14(4)11(3)8-15/h9-11H,5-8H2,1-4H3,(H,17,18). The lowest BCUT2D eigenvalue weighted by molar-refractivity contribution is -0.139. The minimum Gasteiger partial charge on any atom is -0.481 e. The molecule has 18 heavy (non-hydrogen) atoms. The fourth-order valence-electron chi connectivity index (χ4n) is 2.41. The number of carbonyl (C=O) groups is 2. The van der Waals surface area contributed by atoms with Crippen molar-refractivity contribution in [1.82, 2.24) is 9.80 Å². The lowest BCUT2D eigenvalue weighted by Gasteiger charge is -2.42. The number of nitrogens with zero attached hydrogens (tertiary/aromatic N) is 2. The summed E-state index contributed by atoms with van der Waals surface area (Å²) >= 11 is 0. The largest absolute Gasteiger partial charge is 0.481 e. The number of hydrogen-bond donors (Lipinski definition) is 1. The molecular formula is C13H24N2O3. The SMILES string of the molecule is CC(CC(=O)O)CC(=O)N1CC(C)N(C)C(C)C1. The molecule has 0 bridgehead atoms. The molecule has 1 heterocycles. The van der Waals surface area contributed by atoms with E-state index in [1.165, 1.54) is 0 Å². The summed E-state index contributed by atoms with van der Waals surface area (Å²) in [5.74, 6) is -0.855. The highest BCUT2D eigenvalue weighted by atomic mass is 16.4. The zero-order valence-electron chi connectivity index (χ0n) is 11.7. The minimum atomic E-state index is -0.838. The van der Waals surface area contributed by atoms with Gasteiger partial charge in [-0.05, 0) is 26.8 Å². The van der Waals surface area contributed by atoms with Crippen molar-refractivity contribution in [2.24, 2.45) is 5.92 Å². The highest BCUT2D eigenvalue weighted by Gasteiger charge is 2.29. The molecular weight excluding hydrogens is 232 g/mol. The van der Waals surface area contributed by atoms with Crippen molar-refractivity contribution in [3.8, 4) is 0 Å². The number of hydrogen-bond acceptors (Lipinski definition) is 3. The van der Waals surface area contributed by atoms with Gasteiger partial charge in [0.15, 0.2) is 0 Å². The van der Waals surface area contributed by atoms with Crippen LogP contribution in [0.5, 0.6) is 0 Å². The topological polar surface area (TPSA) is 60.9 Å². The normalized spacial score (nSPS) is 27.0.